The topological polar surface area (TPSA) is 186 Å². The fourth-order valence-electron chi connectivity index (χ4n) is 9.42. The van der Waals surface area contributed by atoms with E-state index in [1.54, 1.807) is 7.05 Å². The molecular weight excluding hydrogens is 1090 g/mol. The van der Waals surface area contributed by atoms with Crippen molar-refractivity contribution in [2.75, 3.05) is 46.8 Å². The molecule has 0 aliphatic carbocycles. The summed E-state index contributed by atoms with van der Waals surface area (Å²) >= 11 is 0. The number of hydrogen-bond donors (Lipinski definition) is 4. The minimum atomic E-state index is 0. The summed E-state index contributed by atoms with van der Waals surface area (Å²) in [5.74, 6) is 5.00. The monoisotopic (exact) mass is 1210 g/mol. The first kappa shape index (κ1) is 87.4. The summed E-state index contributed by atoms with van der Waals surface area (Å²) in [6.45, 7) is 33.7. The van der Waals surface area contributed by atoms with Crippen LogP contribution < -0.4 is 22.9 Å². The number of aromatic nitrogens is 1. The molecular formula is C77H120N12. The van der Waals surface area contributed by atoms with Gasteiger partial charge in [0.2, 0.25) is 0 Å². The van der Waals surface area contributed by atoms with Crippen molar-refractivity contribution >= 4 is 94.6 Å². The van der Waals surface area contributed by atoms with Gasteiger partial charge in [0.25, 0.3) is 0 Å². The van der Waals surface area contributed by atoms with Gasteiger partial charge in [0.1, 0.15) is 17.5 Å². The van der Waals surface area contributed by atoms with Crippen molar-refractivity contribution in [2.45, 2.75) is 148 Å². The highest BCUT2D eigenvalue weighted by Crippen LogP contribution is 2.37. The first-order valence-corrected chi connectivity index (χ1v) is 29.9. The predicted octanol–water partition coefficient (Wildman–Crippen LogP) is 19.8. The fourth-order valence-corrected chi connectivity index (χ4v) is 9.42. The van der Waals surface area contributed by atoms with Gasteiger partial charge in [-0.05, 0) is 139 Å². The van der Waals surface area contributed by atoms with Crippen LogP contribution in [-0.2, 0) is 7.05 Å². The molecule has 3 aliphatic rings. The van der Waals surface area contributed by atoms with Crippen LogP contribution >= 0.6 is 0 Å². The largest absolute Gasteiger partial charge is 0.332 e. The Morgan fingerprint density at radius 2 is 0.697 bits per heavy atom. The van der Waals surface area contributed by atoms with Gasteiger partial charge in [-0.25, -0.2) is 20.0 Å². The van der Waals surface area contributed by atoms with Crippen LogP contribution in [0.15, 0.2) is 176 Å². The lowest BCUT2D eigenvalue weighted by Crippen LogP contribution is -2.31. The molecule has 12 rings (SSSR count). The minimum absolute atomic E-state index is 0. The third-order valence-electron chi connectivity index (χ3n) is 12.7. The first-order chi connectivity index (χ1) is 40.5. The quantitative estimate of drug-likeness (QED) is 0.134. The summed E-state index contributed by atoms with van der Waals surface area (Å²) in [6.07, 6.45) is 0. The molecule has 0 amide bonds. The number of nitrogens with zero attached hydrogens (tertiary/aromatic N) is 8. The van der Waals surface area contributed by atoms with Crippen LogP contribution in [0.2, 0.25) is 0 Å². The zero-order chi connectivity index (χ0) is 61.8. The predicted molar refractivity (Wildman–Crippen MR) is 410 cm³/mol. The average molecular weight is 1210 g/mol. The number of hydrogen-bond acceptors (Lipinski definition) is 8. The van der Waals surface area contributed by atoms with Crippen molar-refractivity contribution in [1.82, 2.24) is 9.47 Å². The Morgan fingerprint density at radius 1 is 0.382 bits per heavy atom. The van der Waals surface area contributed by atoms with E-state index in [-0.39, 0.29) is 44.6 Å². The lowest BCUT2D eigenvalue weighted by molar-refractivity contribution is 0.656. The second-order valence-corrected chi connectivity index (χ2v) is 17.9. The highest BCUT2D eigenvalue weighted by atomic mass is 15.3. The molecule has 488 valence electrons. The Labute approximate surface area is 541 Å². The van der Waals surface area contributed by atoms with E-state index in [4.69, 9.17) is 42.9 Å². The standard InChI is InChI=1S/C28H23N5.C27H21N3.4C2H7N.4C2H6.6CH4/c1-4-33-27(30-3)23-15-19-11-7-8-12-20(19)16-24(23)28(33)32-26-22-14-18-10-6-5-9-17(18)13-21(22)25(29-2)31-26;1-16-22-12-18-8-4-6-10-20(18)14-24(22)26(28-16)29-27-25-15-21-11-7-5-9-19(21)13-23(25)17(2)30(27)3;4*1-2-3;4*1-2;;;;;;/h5-16H,4H2,1-3H3;4-15H,1-3H3;4*2-3H2,1H3;4*1-2H3;6*1H4. The number of fused-ring (bicyclic) bond motifs is 8. The van der Waals surface area contributed by atoms with Crippen molar-refractivity contribution in [3.8, 4) is 0 Å². The van der Waals surface area contributed by atoms with Crippen molar-refractivity contribution in [2.24, 2.45) is 59.9 Å². The van der Waals surface area contributed by atoms with Gasteiger partial charge in [-0.3, -0.25) is 9.98 Å². The maximum Gasteiger partial charge on any atom is 0.164 e. The molecule has 0 saturated heterocycles. The molecule has 0 saturated carbocycles. The summed E-state index contributed by atoms with van der Waals surface area (Å²) in [7, 11) is 5.72. The molecule has 0 spiro atoms. The van der Waals surface area contributed by atoms with Gasteiger partial charge >= 0.3 is 0 Å². The van der Waals surface area contributed by atoms with Gasteiger partial charge in [-0.2, -0.15) is 0 Å². The molecule has 12 nitrogen and oxygen atoms in total. The molecule has 9 aromatic rings. The van der Waals surface area contributed by atoms with E-state index in [0.29, 0.717) is 5.84 Å². The number of benzene rings is 8. The van der Waals surface area contributed by atoms with Crippen molar-refractivity contribution < 1.29 is 0 Å². The van der Waals surface area contributed by atoms with E-state index in [2.05, 4.69) is 193 Å². The van der Waals surface area contributed by atoms with Crippen molar-refractivity contribution in [3.05, 3.63) is 185 Å². The number of nitrogens with two attached hydrogens (primary N) is 4. The van der Waals surface area contributed by atoms with E-state index in [1.165, 1.54) is 65.1 Å². The Bertz CT molecular complexity index is 3700. The van der Waals surface area contributed by atoms with Gasteiger partial charge in [0.05, 0.1) is 0 Å². The van der Waals surface area contributed by atoms with Crippen LogP contribution in [0.3, 0.4) is 0 Å². The van der Waals surface area contributed by atoms with Crippen LogP contribution in [0.4, 0.5) is 5.82 Å². The summed E-state index contributed by atoms with van der Waals surface area (Å²) in [4.78, 5) is 31.2. The minimum Gasteiger partial charge on any atom is -0.332 e. The maximum absolute atomic E-state index is 5.15. The Kier molecular flexibility index (Phi) is 44.5. The summed E-state index contributed by atoms with van der Waals surface area (Å²) in [6, 6.07) is 51.5. The second-order valence-electron chi connectivity index (χ2n) is 17.9. The van der Waals surface area contributed by atoms with E-state index >= 15 is 0 Å². The van der Waals surface area contributed by atoms with E-state index in [1.807, 2.05) is 90.1 Å². The van der Waals surface area contributed by atoms with Gasteiger partial charge in [-0.15, -0.1) is 0 Å². The summed E-state index contributed by atoms with van der Waals surface area (Å²) in [5, 5.41) is 12.1. The Hall–Kier alpha value is -8.00. The molecule has 0 unspecified atom stereocenters. The number of amidine groups is 5. The molecule has 8 N–H and O–H groups in total. The summed E-state index contributed by atoms with van der Waals surface area (Å²) < 4.78 is 2.18. The van der Waals surface area contributed by atoms with Crippen LogP contribution in [0, 0.1) is 6.92 Å². The van der Waals surface area contributed by atoms with E-state index in [0.717, 1.165) is 95.4 Å². The second kappa shape index (κ2) is 45.3. The molecule has 0 bridgehead atoms. The maximum atomic E-state index is 5.15. The SMILES string of the molecule is C.C.C.C.C.C.CC.CC.CC.CC.CC1=NC(=Nc2c3cc4ccccc4cc3c(C)n2C)c2cc3ccccc3cc21.CCN.CCN.CCN.CCN.CCN1C(=NC)c2cc3ccccc3cc2C1=NC1=NC(=NC)c2cc3ccccc3cc21. The van der Waals surface area contributed by atoms with E-state index < -0.39 is 0 Å². The molecule has 3 aliphatic heterocycles. The first-order valence-electron chi connectivity index (χ1n) is 29.9. The molecule has 4 heterocycles. The van der Waals surface area contributed by atoms with Crippen LogP contribution in [-0.4, -0.2) is 91.2 Å². The highest BCUT2D eigenvalue weighted by molar-refractivity contribution is 6.32. The summed E-state index contributed by atoms with van der Waals surface area (Å²) in [5.41, 5.74) is 28.2. The fraction of sp³-hybridized carbons (Fsp3) is 0.377. The van der Waals surface area contributed by atoms with Gasteiger partial charge in [0.15, 0.2) is 17.5 Å². The normalized spacial score (nSPS) is 12.9. The average Bonchev–Trinajstić information content (AvgIpc) is 1.64. The smallest absolute Gasteiger partial charge is 0.164 e. The van der Waals surface area contributed by atoms with Gasteiger partial charge < -0.3 is 32.4 Å². The van der Waals surface area contributed by atoms with Crippen molar-refractivity contribution in [3.63, 3.8) is 0 Å². The van der Waals surface area contributed by atoms with Crippen LogP contribution in [0.25, 0.3) is 53.9 Å². The molecule has 12 heteroatoms. The van der Waals surface area contributed by atoms with E-state index in [9.17, 15) is 0 Å². The third-order valence-corrected chi connectivity index (χ3v) is 12.7. The molecule has 0 radical (unpaired) electrons. The number of rotatable bonds is 2. The molecule has 8 aromatic carbocycles. The molecule has 0 fully saturated rings. The zero-order valence-corrected chi connectivity index (χ0v) is 53.3. The lowest BCUT2D eigenvalue weighted by Gasteiger charge is -2.17. The van der Waals surface area contributed by atoms with Gasteiger partial charge in [-0.1, -0.05) is 225 Å². The van der Waals surface area contributed by atoms with Crippen LogP contribution in [0.5, 0.6) is 0 Å². The lowest BCUT2D eigenvalue weighted by atomic mass is 10.00. The molecule has 1 aromatic heterocycles. The highest BCUT2D eigenvalue weighted by Gasteiger charge is 2.33. The Balaban J connectivity index is -0.000000600. The number of aliphatic imine (C=N–C) groups is 6. The van der Waals surface area contributed by atoms with Gasteiger partial charge in [0, 0.05) is 83.2 Å². The zero-order valence-electron chi connectivity index (χ0n) is 53.3. The van der Waals surface area contributed by atoms with Crippen molar-refractivity contribution in [1.29, 1.82) is 0 Å². The third kappa shape index (κ3) is 20.5. The molecule has 89 heavy (non-hydrogen) atoms. The molecule has 0 atom stereocenters. The van der Waals surface area contributed by atoms with Crippen LogP contribution in [0.1, 0.15) is 181 Å². The number of aryl methyl sites for hydroxylation is 1. The Morgan fingerprint density at radius 3 is 1.06 bits per heavy atom.